The SMILES string of the molecule is CS(=O)(=O)c1cnc2c(c1)[nH]c1cc(Br)ccc12. The van der Waals surface area contributed by atoms with E-state index in [1.807, 2.05) is 18.2 Å². The topological polar surface area (TPSA) is 62.8 Å². The number of nitrogens with one attached hydrogen (secondary N) is 1. The van der Waals surface area contributed by atoms with Gasteiger partial charge in [-0.1, -0.05) is 15.9 Å². The van der Waals surface area contributed by atoms with E-state index in [0.29, 0.717) is 0 Å². The maximum atomic E-state index is 11.5. The third kappa shape index (κ3) is 1.81. The van der Waals surface area contributed by atoms with Crippen molar-refractivity contribution in [2.45, 2.75) is 4.90 Å². The molecule has 6 heteroatoms. The van der Waals surface area contributed by atoms with Crippen LogP contribution in [0.15, 0.2) is 39.8 Å². The number of fused-ring (bicyclic) bond motifs is 3. The number of hydrogen-bond donors (Lipinski definition) is 1. The van der Waals surface area contributed by atoms with E-state index in [9.17, 15) is 8.42 Å². The minimum atomic E-state index is -3.23. The number of H-pyrrole nitrogens is 1. The first-order valence-corrected chi connectivity index (χ1v) is 7.90. The molecule has 0 saturated carbocycles. The number of halogens is 1. The molecule has 0 amide bonds. The Labute approximate surface area is 112 Å². The van der Waals surface area contributed by atoms with Gasteiger partial charge in [-0.25, -0.2) is 8.42 Å². The molecule has 2 aromatic heterocycles. The highest BCUT2D eigenvalue weighted by atomic mass is 79.9. The summed E-state index contributed by atoms with van der Waals surface area (Å²) in [6.07, 6.45) is 2.57. The smallest absolute Gasteiger partial charge is 0.177 e. The van der Waals surface area contributed by atoms with E-state index in [1.54, 1.807) is 6.07 Å². The van der Waals surface area contributed by atoms with Crippen molar-refractivity contribution in [1.82, 2.24) is 9.97 Å². The summed E-state index contributed by atoms with van der Waals surface area (Å²) in [6.45, 7) is 0. The molecular formula is C12H9BrN2O2S. The van der Waals surface area contributed by atoms with Crippen molar-refractivity contribution in [2.75, 3.05) is 6.26 Å². The number of sulfone groups is 1. The average Bonchev–Trinajstić information content (AvgIpc) is 2.63. The molecular weight excluding hydrogens is 316 g/mol. The van der Waals surface area contributed by atoms with E-state index in [4.69, 9.17) is 0 Å². The fourth-order valence-corrected chi connectivity index (χ4v) is 2.87. The van der Waals surface area contributed by atoms with E-state index < -0.39 is 9.84 Å². The number of nitrogens with zero attached hydrogens (tertiary/aromatic N) is 1. The molecule has 0 unspecified atom stereocenters. The fourth-order valence-electron chi connectivity index (χ4n) is 1.93. The second kappa shape index (κ2) is 3.80. The first-order chi connectivity index (χ1) is 8.45. The molecule has 3 aromatic rings. The summed E-state index contributed by atoms with van der Waals surface area (Å²) >= 11 is 3.40. The van der Waals surface area contributed by atoms with Gasteiger partial charge in [-0.3, -0.25) is 4.98 Å². The quantitative estimate of drug-likeness (QED) is 0.748. The predicted octanol–water partition coefficient (Wildman–Crippen LogP) is 2.88. The monoisotopic (exact) mass is 324 g/mol. The lowest BCUT2D eigenvalue weighted by atomic mass is 10.2. The summed E-state index contributed by atoms with van der Waals surface area (Å²) < 4.78 is 23.9. The second-order valence-corrected chi connectivity index (χ2v) is 7.09. The lowest BCUT2D eigenvalue weighted by molar-refractivity contribution is 0.601. The third-order valence-electron chi connectivity index (χ3n) is 2.80. The number of aromatic amines is 1. The molecule has 0 spiro atoms. The Balaban J connectivity index is 2.40. The molecule has 92 valence electrons. The molecule has 1 N–H and O–H groups in total. The van der Waals surface area contributed by atoms with Crippen molar-refractivity contribution in [3.63, 3.8) is 0 Å². The molecule has 0 bridgehead atoms. The molecule has 0 aliphatic rings. The first kappa shape index (κ1) is 11.7. The molecule has 0 aliphatic carbocycles. The fraction of sp³-hybridized carbons (Fsp3) is 0.0833. The molecule has 0 radical (unpaired) electrons. The van der Waals surface area contributed by atoms with Crippen LogP contribution in [0.5, 0.6) is 0 Å². The van der Waals surface area contributed by atoms with Crippen molar-refractivity contribution in [3.05, 3.63) is 34.9 Å². The van der Waals surface area contributed by atoms with Crippen LogP contribution >= 0.6 is 15.9 Å². The van der Waals surface area contributed by atoms with Crippen LogP contribution in [-0.2, 0) is 9.84 Å². The molecule has 0 aliphatic heterocycles. The Hall–Kier alpha value is -1.40. The molecule has 18 heavy (non-hydrogen) atoms. The molecule has 0 fully saturated rings. The van der Waals surface area contributed by atoms with E-state index in [0.717, 1.165) is 26.4 Å². The van der Waals surface area contributed by atoms with Crippen molar-refractivity contribution < 1.29 is 8.42 Å². The summed E-state index contributed by atoms with van der Waals surface area (Å²) in [5, 5.41) is 0.980. The summed E-state index contributed by atoms with van der Waals surface area (Å²) in [5.41, 5.74) is 2.44. The maximum Gasteiger partial charge on any atom is 0.177 e. The number of hydrogen-bond acceptors (Lipinski definition) is 3. The van der Waals surface area contributed by atoms with Gasteiger partial charge in [0.25, 0.3) is 0 Å². The van der Waals surface area contributed by atoms with Gasteiger partial charge >= 0.3 is 0 Å². The van der Waals surface area contributed by atoms with Gasteiger partial charge in [0, 0.05) is 27.8 Å². The van der Waals surface area contributed by atoms with Crippen LogP contribution in [0, 0.1) is 0 Å². The van der Waals surface area contributed by atoms with Crippen LogP contribution in [0.4, 0.5) is 0 Å². The zero-order valence-electron chi connectivity index (χ0n) is 9.44. The van der Waals surface area contributed by atoms with Crippen molar-refractivity contribution in [1.29, 1.82) is 0 Å². The minimum Gasteiger partial charge on any atom is -0.353 e. The van der Waals surface area contributed by atoms with E-state index in [1.165, 1.54) is 12.5 Å². The van der Waals surface area contributed by atoms with Crippen molar-refractivity contribution >= 4 is 47.7 Å². The summed E-state index contributed by atoms with van der Waals surface area (Å²) in [7, 11) is -3.23. The Morgan fingerprint density at radius 1 is 1.22 bits per heavy atom. The first-order valence-electron chi connectivity index (χ1n) is 5.22. The average molecular weight is 325 g/mol. The molecule has 2 heterocycles. The molecule has 0 saturated heterocycles. The number of rotatable bonds is 1. The molecule has 3 rings (SSSR count). The lowest BCUT2D eigenvalue weighted by Crippen LogP contribution is -1.97. The van der Waals surface area contributed by atoms with Gasteiger partial charge in [0.2, 0.25) is 0 Å². The molecule has 1 aromatic carbocycles. The highest BCUT2D eigenvalue weighted by molar-refractivity contribution is 9.10. The van der Waals surface area contributed by atoms with Crippen LogP contribution in [-0.4, -0.2) is 24.6 Å². The Morgan fingerprint density at radius 3 is 2.72 bits per heavy atom. The van der Waals surface area contributed by atoms with Crippen LogP contribution in [0.2, 0.25) is 0 Å². The number of benzene rings is 1. The standard InChI is InChI=1S/C12H9BrN2O2S/c1-18(16,17)8-5-11-12(14-6-8)9-3-2-7(13)4-10(9)15-11/h2-6,15H,1H3. The van der Waals surface area contributed by atoms with Gasteiger partial charge < -0.3 is 4.98 Å². The van der Waals surface area contributed by atoms with Crippen molar-refractivity contribution in [2.24, 2.45) is 0 Å². The van der Waals surface area contributed by atoms with Crippen LogP contribution in [0.3, 0.4) is 0 Å². The third-order valence-corrected chi connectivity index (χ3v) is 4.37. The van der Waals surface area contributed by atoms with Crippen LogP contribution in [0.1, 0.15) is 0 Å². The Kier molecular flexibility index (Phi) is 2.46. The van der Waals surface area contributed by atoms with Gasteiger partial charge in [-0.05, 0) is 24.3 Å². The summed E-state index contributed by atoms with van der Waals surface area (Å²) in [4.78, 5) is 7.64. The number of aromatic nitrogens is 2. The maximum absolute atomic E-state index is 11.5. The van der Waals surface area contributed by atoms with Crippen molar-refractivity contribution in [3.8, 4) is 0 Å². The predicted molar refractivity (Wildman–Crippen MR) is 74.4 cm³/mol. The van der Waals surface area contributed by atoms with Gasteiger partial charge in [0.05, 0.1) is 15.9 Å². The Morgan fingerprint density at radius 2 is 2.00 bits per heavy atom. The highest BCUT2D eigenvalue weighted by Gasteiger charge is 2.11. The van der Waals surface area contributed by atoms with Gasteiger partial charge in [-0.15, -0.1) is 0 Å². The molecule has 0 atom stereocenters. The number of pyridine rings is 1. The normalized spacial score (nSPS) is 12.3. The largest absolute Gasteiger partial charge is 0.353 e. The van der Waals surface area contributed by atoms with E-state index in [2.05, 4.69) is 25.9 Å². The Bertz CT molecular complexity index is 868. The zero-order valence-corrected chi connectivity index (χ0v) is 11.8. The minimum absolute atomic E-state index is 0.223. The van der Waals surface area contributed by atoms with Gasteiger partial charge in [-0.2, -0.15) is 0 Å². The lowest BCUT2D eigenvalue weighted by Gasteiger charge is -1.97. The zero-order chi connectivity index (χ0) is 12.9. The summed E-state index contributed by atoms with van der Waals surface area (Å²) in [6, 6.07) is 7.44. The molecule has 4 nitrogen and oxygen atoms in total. The second-order valence-electron chi connectivity index (χ2n) is 4.15. The van der Waals surface area contributed by atoms with Crippen LogP contribution in [0.25, 0.3) is 21.9 Å². The summed E-state index contributed by atoms with van der Waals surface area (Å²) in [5.74, 6) is 0. The van der Waals surface area contributed by atoms with E-state index in [-0.39, 0.29) is 4.90 Å². The highest BCUT2D eigenvalue weighted by Crippen LogP contribution is 2.27. The van der Waals surface area contributed by atoms with E-state index >= 15 is 0 Å². The van der Waals surface area contributed by atoms with Crippen LogP contribution < -0.4 is 0 Å². The van der Waals surface area contributed by atoms with Gasteiger partial charge in [0.1, 0.15) is 0 Å². The van der Waals surface area contributed by atoms with Gasteiger partial charge in [0.15, 0.2) is 9.84 Å².